The number of carbonyl (C=O) groups is 1. The normalized spacial score (nSPS) is 26.4. The topological polar surface area (TPSA) is 26.3 Å². The van der Waals surface area contributed by atoms with E-state index in [1.807, 2.05) is 0 Å². The van der Waals surface area contributed by atoms with Crippen molar-refractivity contribution >= 4 is 5.97 Å². The maximum atomic E-state index is 13.1. The minimum absolute atomic E-state index is 0.245. The quantitative estimate of drug-likeness (QED) is 0.604. The lowest BCUT2D eigenvalue weighted by Crippen LogP contribution is -2.28. The highest BCUT2D eigenvalue weighted by atomic mass is 19.2. The van der Waals surface area contributed by atoms with Crippen molar-refractivity contribution in [1.82, 2.24) is 0 Å². The van der Waals surface area contributed by atoms with E-state index in [4.69, 9.17) is 4.74 Å². The fraction of sp³-hybridized carbons (Fsp3) is 0.533. The van der Waals surface area contributed by atoms with Crippen molar-refractivity contribution in [2.75, 3.05) is 0 Å². The SMILES string of the molecule is CC1CCC(OC(=O)c2cc(F)c(F)c(F)c2)CC1C. The first-order valence-corrected chi connectivity index (χ1v) is 6.74. The molecule has 0 aliphatic heterocycles. The molecule has 110 valence electrons. The third-order valence-corrected chi connectivity index (χ3v) is 4.04. The van der Waals surface area contributed by atoms with E-state index in [1.165, 1.54) is 0 Å². The fourth-order valence-corrected chi connectivity index (χ4v) is 2.50. The largest absolute Gasteiger partial charge is 0.459 e. The van der Waals surface area contributed by atoms with Gasteiger partial charge in [0, 0.05) is 0 Å². The molecule has 0 amide bonds. The van der Waals surface area contributed by atoms with Gasteiger partial charge in [-0.15, -0.1) is 0 Å². The monoisotopic (exact) mass is 286 g/mol. The summed E-state index contributed by atoms with van der Waals surface area (Å²) in [5.41, 5.74) is -0.298. The van der Waals surface area contributed by atoms with Crippen LogP contribution in [0, 0.1) is 29.3 Å². The number of benzene rings is 1. The summed E-state index contributed by atoms with van der Waals surface area (Å²) in [6.45, 7) is 4.23. The summed E-state index contributed by atoms with van der Waals surface area (Å²) in [6, 6.07) is 1.32. The van der Waals surface area contributed by atoms with Crippen LogP contribution in [0.3, 0.4) is 0 Å². The molecule has 0 heterocycles. The summed E-state index contributed by atoms with van der Waals surface area (Å²) in [5, 5.41) is 0. The van der Waals surface area contributed by atoms with Crippen molar-refractivity contribution < 1.29 is 22.7 Å². The molecule has 1 saturated carbocycles. The summed E-state index contributed by atoms with van der Waals surface area (Å²) < 4.78 is 44.2. The number of hydrogen-bond donors (Lipinski definition) is 0. The Kier molecular flexibility index (Phi) is 4.35. The van der Waals surface area contributed by atoms with Gasteiger partial charge in [-0.2, -0.15) is 0 Å². The molecule has 3 atom stereocenters. The highest BCUT2D eigenvalue weighted by molar-refractivity contribution is 5.89. The lowest BCUT2D eigenvalue weighted by molar-refractivity contribution is 0.00867. The molecule has 0 radical (unpaired) electrons. The molecule has 3 unspecified atom stereocenters. The van der Waals surface area contributed by atoms with Gasteiger partial charge in [0.1, 0.15) is 6.10 Å². The second kappa shape index (κ2) is 5.85. The maximum Gasteiger partial charge on any atom is 0.338 e. The van der Waals surface area contributed by atoms with Gasteiger partial charge in [-0.05, 0) is 43.2 Å². The number of esters is 1. The van der Waals surface area contributed by atoms with Crippen LogP contribution < -0.4 is 0 Å². The van der Waals surface area contributed by atoms with E-state index in [1.54, 1.807) is 0 Å². The molecular formula is C15H17F3O2. The first-order chi connectivity index (χ1) is 9.38. The smallest absolute Gasteiger partial charge is 0.338 e. The number of hydrogen-bond acceptors (Lipinski definition) is 2. The third kappa shape index (κ3) is 3.14. The zero-order chi connectivity index (χ0) is 14.9. The van der Waals surface area contributed by atoms with Crippen LogP contribution >= 0.6 is 0 Å². The molecule has 1 aliphatic rings. The van der Waals surface area contributed by atoms with Crippen LogP contribution in [-0.4, -0.2) is 12.1 Å². The predicted molar refractivity (Wildman–Crippen MR) is 67.7 cm³/mol. The summed E-state index contributed by atoms with van der Waals surface area (Å²) in [5.74, 6) is -4.16. The molecule has 2 rings (SSSR count). The molecule has 1 fully saturated rings. The number of carbonyl (C=O) groups excluding carboxylic acids is 1. The van der Waals surface area contributed by atoms with Crippen LogP contribution in [0.1, 0.15) is 43.5 Å². The van der Waals surface area contributed by atoms with Gasteiger partial charge in [0.2, 0.25) is 0 Å². The van der Waals surface area contributed by atoms with Crippen molar-refractivity contribution in [3.8, 4) is 0 Å². The zero-order valence-corrected chi connectivity index (χ0v) is 11.5. The molecule has 0 bridgehead atoms. The Balaban J connectivity index is 2.05. The molecule has 0 spiro atoms. The molecular weight excluding hydrogens is 269 g/mol. The van der Waals surface area contributed by atoms with Gasteiger partial charge in [-0.1, -0.05) is 13.8 Å². The van der Waals surface area contributed by atoms with Crippen molar-refractivity contribution in [2.45, 2.75) is 39.2 Å². The number of rotatable bonds is 2. The second-order valence-electron chi connectivity index (χ2n) is 5.55. The molecule has 5 heteroatoms. The van der Waals surface area contributed by atoms with Gasteiger partial charge in [0.15, 0.2) is 17.5 Å². The van der Waals surface area contributed by atoms with Crippen LogP contribution in [0.25, 0.3) is 0 Å². The van der Waals surface area contributed by atoms with Crippen molar-refractivity contribution in [3.05, 3.63) is 35.1 Å². The van der Waals surface area contributed by atoms with Gasteiger partial charge in [-0.25, -0.2) is 18.0 Å². The highest BCUT2D eigenvalue weighted by Gasteiger charge is 2.27. The second-order valence-corrected chi connectivity index (χ2v) is 5.55. The molecule has 1 aliphatic carbocycles. The molecule has 20 heavy (non-hydrogen) atoms. The maximum absolute atomic E-state index is 13.1. The minimum atomic E-state index is -1.58. The Labute approximate surface area is 115 Å². The number of ether oxygens (including phenoxy) is 1. The van der Waals surface area contributed by atoms with Gasteiger partial charge < -0.3 is 4.74 Å². The Hall–Kier alpha value is -1.52. The summed E-state index contributed by atoms with van der Waals surface area (Å²) >= 11 is 0. The van der Waals surface area contributed by atoms with Crippen LogP contribution in [0.15, 0.2) is 12.1 Å². The average Bonchev–Trinajstić information content (AvgIpc) is 2.39. The molecule has 0 N–H and O–H groups in total. The fourth-order valence-electron chi connectivity index (χ4n) is 2.50. The summed E-state index contributed by atoms with van der Waals surface area (Å²) in [7, 11) is 0. The van der Waals surface area contributed by atoms with Crippen LogP contribution in [0.5, 0.6) is 0 Å². The summed E-state index contributed by atoms with van der Waals surface area (Å²) in [4.78, 5) is 11.8. The Morgan fingerprint density at radius 2 is 1.70 bits per heavy atom. The Morgan fingerprint density at radius 1 is 1.10 bits per heavy atom. The van der Waals surface area contributed by atoms with Crippen molar-refractivity contribution in [3.63, 3.8) is 0 Å². The lowest BCUT2D eigenvalue weighted by Gasteiger charge is -2.31. The standard InChI is InChI=1S/C15H17F3O2/c1-8-3-4-11(5-9(8)2)20-15(19)10-6-12(16)14(18)13(17)7-10/h6-9,11H,3-5H2,1-2H3. The molecule has 0 saturated heterocycles. The van der Waals surface area contributed by atoms with Crippen LogP contribution in [-0.2, 0) is 4.74 Å². The van der Waals surface area contributed by atoms with Crippen molar-refractivity contribution in [2.24, 2.45) is 11.8 Å². The predicted octanol–water partition coefficient (Wildman–Crippen LogP) is 4.09. The zero-order valence-electron chi connectivity index (χ0n) is 11.5. The van der Waals surface area contributed by atoms with Crippen molar-refractivity contribution in [1.29, 1.82) is 0 Å². The van der Waals surface area contributed by atoms with Gasteiger partial charge in [0.25, 0.3) is 0 Å². The molecule has 2 nitrogen and oxygen atoms in total. The van der Waals surface area contributed by atoms with Gasteiger partial charge >= 0.3 is 5.97 Å². The highest BCUT2D eigenvalue weighted by Crippen LogP contribution is 2.31. The lowest BCUT2D eigenvalue weighted by atomic mass is 9.80. The summed E-state index contributed by atoms with van der Waals surface area (Å²) in [6.07, 6.45) is 2.18. The minimum Gasteiger partial charge on any atom is -0.459 e. The Morgan fingerprint density at radius 3 is 2.25 bits per heavy atom. The van der Waals surface area contributed by atoms with E-state index in [2.05, 4.69) is 13.8 Å². The molecule has 1 aromatic carbocycles. The van der Waals surface area contributed by atoms with E-state index in [0.29, 0.717) is 24.0 Å². The first-order valence-electron chi connectivity index (χ1n) is 6.74. The van der Waals surface area contributed by atoms with Gasteiger partial charge in [-0.3, -0.25) is 0 Å². The van der Waals surface area contributed by atoms with Gasteiger partial charge in [0.05, 0.1) is 5.56 Å². The Bertz CT molecular complexity index is 493. The molecule has 1 aromatic rings. The third-order valence-electron chi connectivity index (χ3n) is 4.04. The van der Waals surface area contributed by atoms with E-state index < -0.39 is 23.4 Å². The molecule has 0 aromatic heterocycles. The van der Waals surface area contributed by atoms with Crippen LogP contribution in [0.2, 0.25) is 0 Å². The average molecular weight is 286 g/mol. The van der Waals surface area contributed by atoms with E-state index in [0.717, 1.165) is 19.3 Å². The van der Waals surface area contributed by atoms with E-state index >= 15 is 0 Å². The van der Waals surface area contributed by atoms with Crippen LogP contribution in [0.4, 0.5) is 13.2 Å². The first kappa shape index (κ1) is 14.9. The van der Waals surface area contributed by atoms with E-state index in [9.17, 15) is 18.0 Å². The van der Waals surface area contributed by atoms with E-state index in [-0.39, 0.29) is 11.7 Å². The number of halogens is 3.